The van der Waals surface area contributed by atoms with Gasteiger partial charge in [-0.15, -0.1) is 0 Å². The van der Waals surface area contributed by atoms with Crippen LogP contribution in [-0.2, 0) is 15.3 Å². The smallest absolute Gasteiger partial charge is 0.261 e. The summed E-state index contributed by atoms with van der Waals surface area (Å²) in [6, 6.07) is 15.1. The molecule has 0 atom stereocenters. The standard InChI is InChI=1S/C19H21IO3/c1-4-22-19(23-5-2,16-10-6-14(3)7-11-16)18(21)15-8-12-17(20)13-9-15/h6-13H,4-5H2,1-3H3. The Bertz CT molecular complexity index is 641. The zero-order valence-corrected chi connectivity index (χ0v) is 15.8. The van der Waals surface area contributed by atoms with Crippen molar-refractivity contribution in [2.45, 2.75) is 26.6 Å². The van der Waals surface area contributed by atoms with Crippen LogP contribution >= 0.6 is 22.6 Å². The molecule has 0 saturated heterocycles. The average molecular weight is 424 g/mol. The lowest BCUT2D eigenvalue weighted by Crippen LogP contribution is -2.42. The lowest BCUT2D eigenvalue weighted by molar-refractivity contribution is -0.204. The van der Waals surface area contributed by atoms with Crippen LogP contribution in [0.25, 0.3) is 0 Å². The van der Waals surface area contributed by atoms with Crippen molar-refractivity contribution in [1.82, 2.24) is 0 Å². The molecule has 0 aromatic heterocycles. The monoisotopic (exact) mass is 424 g/mol. The van der Waals surface area contributed by atoms with Gasteiger partial charge >= 0.3 is 0 Å². The lowest BCUT2D eigenvalue weighted by atomic mass is 9.95. The van der Waals surface area contributed by atoms with Crippen LogP contribution in [-0.4, -0.2) is 19.0 Å². The largest absolute Gasteiger partial charge is 0.340 e. The molecule has 0 aliphatic heterocycles. The normalized spacial score (nSPS) is 11.5. The van der Waals surface area contributed by atoms with Crippen LogP contribution in [0.2, 0.25) is 0 Å². The fraction of sp³-hybridized carbons (Fsp3) is 0.316. The average Bonchev–Trinajstić information content (AvgIpc) is 2.55. The maximum atomic E-state index is 13.2. The van der Waals surface area contributed by atoms with Gasteiger partial charge in [-0.25, -0.2) is 0 Å². The Morgan fingerprint density at radius 2 is 1.48 bits per heavy atom. The summed E-state index contributed by atoms with van der Waals surface area (Å²) in [4.78, 5) is 13.2. The molecule has 0 spiro atoms. The molecule has 0 saturated carbocycles. The SMILES string of the molecule is CCOC(OCC)(C(=O)c1ccc(I)cc1)c1ccc(C)cc1. The first kappa shape index (κ1) is 18.1. The van der Waals surface area contributed by atoms with Gasteiger partial charge in [-0.1, -0.05) is 42.0 Å². The molecule has 122 valence electrons. The first-order valence-corrected chi connectivity index (χ1v) is 8.76. The summed E-state index contributed by atoms with van der Waals surface area (Å²) in [6.45, 7) is 6.49. The Hall–Kier alpha value is -1.24. The minimum Gasteiger partial charge on any atom is -0.340 e. The Balaban J connectivity index is 2.53. The van der Waals surface area contributed by atoms with Crippen molar-refractivity contribution in [3.8, 4) is 0 Å². The Labute approximate surface area is 151 Å². The van der Waals surface area contributed by atoms with Gasteiger partial charge in [-0.2, -0.15) is 0 Å². The van der Waals surface area contributed by atoms with Gasteiger partial charge in [0.25, 0.3) is 5.79 Å². The molecule has 0 aliphatic carbocycles. The van der Waals surface area contributed by atoms with E-state index in [9.17, 15) is 4.79 Å². The molecule has 2 rings (SSSR count). The number of ketones is 1. The van der Waals surface area contributed by atoms with Crippen molar-refractivity contribution in [1.29, 1.82) is 0 Å². The van der Waals surface area contributed by atoms with Gasteiger partial charge in [-0.05, 0) is 55.5 Å². The molecule has 0 heterocycles. The molecular formula is C19H21IO3. The van der Waals surface area contributed by atoms with Gasteiger partial charge in [0.1, 0.15) is 0 Å². The van der Waals surface area contributed by atoms with Crippen LogP contribution in [0.15, 0.2) is 48.5 Å². The molecule has 4 heteroatoms. The third-order valence-electron chi connectivity index (χ3n) is 3.53. The number of rotatable bonds is 7. The second-order valence-corrected chi connectivity index (χ2v) is 6.43. The van der Waals surface area contributed by atoms with E-state index in [1.807, 2.05) is 69.3 Å². The third kappa shape index (κ3) is 4.00. The number of ether oxygens (including phenoxy) is 2. The van der Waals surface area contributed by atoms with E-state index in [1.54, 1.807) is 0 Å². The zero-order chi connectivity index (χ0) is 16.9. The zero-order valence-electron chi connectivity index (χ0n) is 13.6. The Morgan fingerprint density at radius 1 is 0.957 bits per heavy atom. The van der Waals surface area contributed by atoms with Crippen LogP contribution in [0, 0.1) is 10.5 Å². The van der Waals surface area contributed by atoms with Crippen LogP contribution in [0.4, 0.5) is 0 Å². The van der Waals surface area contributed by atoms with Crippen LogP contribution in [0.5, 0.6) is 0 Å². The number of hydrogen-bond donors (Lipinski definition) is 0. The highest BCUT2D eigenvalue weighted by atomic mass is 127. The maximum Gasteiger partial charge on any atom is 0.261 e. The molecule has 3 nitrogen and oxygen atoms in total. The van der Waals surface area contributed by atoms with Gasteiger partial charge in [0.2, 0.25) is 5.78 Å². The summed E-state index contributed by atoms with van der Waals surface area (Å²) in [5, 5.41) is 0. The second kappa shape index (κ2) is 8.04. The number of carbonyl (C=O) groups is 1. The first-order valence-electron chi connectivity index (χ1n) is 7.69. The van der Waals surface area contributed by atoms with Crippen LogP contribution in [0.1, 0.15) is 35.3 Å². The summed E-state index contributed by atoms with van der Waals surface area (Å²) in [5.41, 5.74) is 2.42. The number of hydrogen-bond acceptors (Lipinski definition) is 3. The lowest BCUT2D eigenvalue weighted by Gasteiger charge is -2.32. The minimum atomic E-state index is -1.40. The second-order valence-electron chi connectivity index (χ2n) is 5.18. The predicted octanol–water partition coefficient (Wildman–Crippen LogP) is 4.71. The van der Waals surface area contributed by atoms with Crippen molar-refractivity contribution in [3.63, 3.8) is 0 Å². The third-order valence-corrected chi connectivity index (χ3v) is 4.25. The van der Waals surface area contributed by atoms with Gasteiger partial charge in [0, 0.05) is 27.9 Å². The molecule has 0 radical (unpaired) electrons. The maximum absolute atomic E-state index is 13.2. The van der Waals surface area contributed by atoms with E-state index in [-0.39, 0.29) is 5.78 Å². The summed E-state index contributed by atoms with van der Waals surface area (Å²) in [6.07, 6.45) is 0. The molecule has 2 aromatic carbocycles. The highest BCUT2D eigenvalue weighted by Crippen LogP contribution is 2.32. The van der Waals surface area contributed by atoms with E-state index in [2.05, 4.69) is 22.6 Å². The highest BCUT2D eigenvalue weighted by Gasteiger charge is 2.42. The molecule has 23 heavy (non-hydrogen) atoms. The first-order chi connectivity index (χ1) is 11.0. The summed E-state index contributed by atoms with van der Waals surface area (Å²) in [7, 11) is 0. The van der Waals surface area contributed by atoms with Gasteiger partial charge in [0.05, 0.1) is 0 Å². The fourth-order valence-electron chi connectivity index (χ4n) is 2.44. The van der Waals surface area contributed by atoms with Gasteiger partial charge in [-0.3, -0.25) is 4.79 Å². The minimum absolute atomic E-state index is 0.179. The van der Waals surface area contributed by atoms with Crippen molar-refractivity contribution in [2.24, 2.45) is 0 Å². The van der Waals surface area contributed by atoms with Crippen molar-refractivity contribution >= 4 is 28.4 Å². The van der Waals surface area contributed by atoms with Crippen molar-refractivity contribution in [3.05, 3.63) is 68.8 Å². The summed E-state index contributed by atoms with van der Waals surface area (Å²) >= 11 is 2.22. The fourth-order valence-corrected chi connectivity index (χ4v) is 2.80. The van der Waals surface area contributed by atoms with E-state index in [4.69, 9.17) is 9.47 Å². The molecule has 0 unspecified atom stereocenters. The number of benzene rings is 2. The molecule has 0 fully saturated rings. The topological polar surface area (TPSA) is 35.5 Å². The Morgan fingerprint density at radius 3 is 1.96 bits per heavy atom. The van der Waals surface area contributed by atoms with Crippen molar-refractivity contribution in [2.75, 3.05) is 13.2 Å². The molecule has 2 aromatic rings. The number of aryl methyl sites for hydroxylation is 1. The number of halogens is 1. The van der Waals surface area contributed by atoms with E-state index in [1.165, 1.54) is 0 Å². The molecular weight excluding hydrogens is 403 g/mol. The van der Waals surface area contributed by atoms with Gasteiger partial charge in [0.15, 0.2) is 0 Å². The Kier molecular flexibility index (Phi) is 6.33. The quantitative estimate of drug-likeness (QED) is 0.367. The van der Waals surface area contributed by atoms with Crippen LogP contribution in [0.3, 0.4) is 0 Å². The highest BCUT2D eigenvalue weighted by molar-refractivity contribution is 14.1. The van der Waals surface area contributed by atoms with E-state index >= 15 is 0 Å². The van der Waals surface area contributed by atoms with E-state index in [0.717, 1.165) is 14.7 Å². The molecule has 0 N–H and O–H groups in total. The van der Waals surface area contributed by atoms with Gasteiger partial charge < -0.3 is 9.47 Å². The van der Waals surface area contributed by atoms with E-state index in [0.29, 0.717) is 18.8 Å². The van der Waals surface area contributed by atoms with Crippen LogP contribution < -0.4 is 0 Å². The summed E-state index contributed by atoms with van der Waals surface area (Å²) in [5.74, 6) is -1.58. The molecule has 0 bridgehead atoms. The number of carbonyl (C=O) groups excluding carboxylic acids is 1. The molecule has 0 amide bonds. The number of Topliss-reactive ketones (excluding diaryl/α,β-unsaturated/α-hetero) is 1. The predicted molar refractivity (Wildman–Crippen MR) is 99.6 cm³/mol. The molecule has 0 aliphatic rings. The van der Waals surface area contributed by atoms with Crippen molar-refractivity contribution < 1.29 is 14.3 Å². The summed E-state index contributed by atoms with van der Waals surface area (Å²) < 4.78 is 12.8. The van der Waals surface area contributed by atoms with E-state index < -0.39 is 5.79 Å².